The van der Waals surface area contributed by atoms with Crippen molar-refractivity contribution in [2.45, 2.75) is 29.4 Å². The zero-order chi connectivity index (χ0) is 26.2. The predicted molar refractivity (Wildman–Crippen MR) is 141 cm³/mol. The van der Waals surface area contributed by atoms with E-state index in [1.807, 2.05) is 12.1 Å². The van der Waals surface area contributed by atoms with Crippen LogP contribution in [-0.4, -0.2) is 89.1 Å². The minimum absolute atomic E-state index is 0.0332. The van der Waals surface area contributed by atoms with Gasteiger partial charge in [-0.3, -0.25) is 14.4 Å². The molecule has 1 spiro atoms. The molecular weight excluding hydrogens is 478 g/mol. The van der Waals surface area contributed by atoms with Crippen LogP contribution in [0.4, 0.5) is 5.69 Å². The molecule has 3 saturated heterocycles. The lowest BCUT2D eigenvalue weighted by molar-refractivity contribution is -0.143. The van der Waals surface area contributed by atoms with Gasteiger partial charge in [0.05, 0.1) is 30.3 Å². The molecular formula is C27H35N3O5S. The molecule has 36 heavy (non-hydrogen) atoms. The van der Waals surface area contributed by atoms with Crippen LogP contribution in [0, 0.1) is 17.8 Å². The number of anilines is 1. The van der Waals surface area contributed by atoms with Crippen LogP contribution in [-0.2, 0) is 14.4 Å². The van der Waals surface area contributed by atoms with Crippen LogP contribution < -0.4 is 9.64 Å². The van der Waals surface area contributed by atoms with E-state index < -0.39 is 22.6 Å². The Balaban J connectivity index is 1.77. The molecule has 1 aromatic rings. The number of carbonyl (C=O) groups is 3. The van der Waals surface area contributed by atoms with Gasteiger partial charge in [-0.2, -0.15) is 0 Å². The minimum Gasteiger partial charge on any atom is -0.497 e. The lowest BCUT2D eigenvalue weighted by atomic mass is 9.65. The number of hydrogen-bond acceptors (Lipinski definition) is 6. The van der Waals surface area contributed by atoms with E-state index in [1.54, 1.807) is 60.0 Å². The van der Waals surface area contributed by atoms with Crippen LogP contribution in [0.3, 0.4) is 0 Å². The second-order valence-corrected chi connectivity index (χ2v) is 11.3. The fourth-order valence-electron chi connectivity index (χ4n) is 6.33. The highest BCUT2D eigenvalue weighted by atomic mass is 32.2. The fourth-order valence-corrected chi connectivity index (χ4v) is 8.74. The summed E-state index contributed by atoms with van der Waals surface area (Å²) in [5.74, 6) is -0.928. The molecule has 2 bridgehead atoms. The third-order valence-corrected chi connectivity index (χ3v) is 9.92. The van der Waals surface area contributed by atoms with Crippen molar-refractivity contribution in [3.05, 3.63) is 49.6 Å². The van der Waals surface area contributed by atoms with E-state index in [0.29, 0.717) is 18.0 Å². The van der Waals surface area contributed by atoms with Gasteiger partial charge in [-0.15, -0.1) is 24.9 Å². The van der Waals surface area contributed by atoms with Crippen molar-refractivity contribution >= 4 is 35.2 Å². The zero-order valence-electron chi connectivity index (χ0n) is 21.1. The molecule has 3 fully saturated rings. The number of methoxy groups -OCH3 is 1. The zero-order valence-corrected chi connectivity index (χ0v) is 21.9. The van der Waals surface area contributed by atoms with Crippen molar-refractivity contribution in [2.75, 3.05) is 45.3 Å². The topological polar surface area (TPSA) is 90.4 Å². The highest BCUT2D eigenvalue weighted by Crippen LogP contribution is 2.68. The van der Waals surface area contributed by atoms with E-state index in [1.165, 1.54) is 4.90 Å². The highest BCUT2D eigenvalue weighted by molar-refractivity contribution is 8.02. The van der Waals surface area contributed by atoms with Crippen molar-refractivity contribution in [3.63, 3.8) is 0 Å². The third-order valence-electron chi connectivity index (χ3n) is 7.85. The second-order valence-electron chi connectivity index (χ2n) is 9.75. The monoisotopic (exact) mass is 513 g/mol. The minimum atomic E-state index is -0.795. The lowest BCUT2D eigenvalue weighted by Gasteiger charge is -2.40. The number of rotatable bonds is 10. The van der Waals surface area contributed by atoms with E-state index >= 15 is 0 Å². The van der Waals surface area contributed by atoms with Crippen LogP contribution in [0.2, 0.25) is 0 Å². The average Bonchev–Trinajstić information content (AvgIpc) is 3.46. The smallest absolute Gasteiger partial charge is 0.251 e. The molecule has 3 unspecified atom stereocenters. The maximum atomic E-state index is 14.4. The summed E-state index contributed by atoms with van der Waals surface area (Å²) < 4.78 is 4.52. The van der Waals surface area contributed by atoms with Gasteiger partial charge < -0.3 is 24.5 Å². The number of amides is 3. The highest BCUT2D eigenvalue weighted by Gasteiger charge is 2.76. The lowest BCUT2D eigenvalue weighted by Crippen LogP contribution is -2.57. The summed E-state index contributed by atoms with van der Waals surface area (Å²) in [6.45, 7) is 10.1. The first-order valence-corrected chi connectivity index (χ1v) is 13.2. The van der Waals surface area contributed by atoms with E-state index in [2.05, 4.69) is 20.1 Å². The van der Waals surface area contributed by atoms with Gasteiger partial charge in [-0.25, -0.2) is 0 Å². The average molecular weight is 514 g/mol. The number of aliphatic hydroxyl groups is 1. The second kappa shape index (κ2) is 10.3. The first-order chi connectivity index (χ1) is 17.3. The SMILES string of the molecule is C=CCN(C)C(=O)[C@@H]1[C@H]2C(=O)N(CCO)C(C(=O)N(CC=C)c3ccc(OC)cc3)C23S[C@@H]1CC3C. The maximum absolute atomic E-state index is 14.4. The van der Waals surface area contributed by atoms with Gasteiger partial charge in [0.25, 0.3) is 5.91 Å². The standard InChI is InChI=1S/C27H35N3O5S/c1-6-12-28(4)24(32)21-20-16-17(3)27(36-20)22(21)25(33)30(14-15-31)23(27)26(34)29(13-7-2)18-8-10-19(35-5)11-9-18/h6-11,17,20-23,31H,1-2,12-16H2,3-5H3/t17?,20-,21+,22+,23?,27?/m1/s1. The van der Waals surface area contributed by atoms with E-state index in [9.17, 15) is 19.5 Å². The molecule has 1 aromatic carbocycles. The van der Waals surface area contributed by atoms with Crippen molar-refractivity contribution < 1.29 is 24.2 Å². The van der Waals surface area contributed by atoms with Gasteiger partial charge in [0.1, 0.15) is 11.8 Å². The summed E-state index contributed by atoms with van der Waals surface area (Å²) in [7, 11) is 3.30. The first kappa shape index (κ1) is 26.3. The van der Waals surface area contributed by atoms with E-state index in [-0.39, 0.29) is 48.6 Å². The van der Waals surface area contributed by atoms with Gasteiger partial charge in [0, 0.05) is 37.6 Å². The summed E-state index contributed by atoms with van der Waals surface area (Å²) in [5, 5.41) is 9.82. The van der Waals surface area contributed by atoms with Crippen LogP contribution in [0.25, 0.3) is 0 Å². The molecule has 0 saturated carbocycles. The number of likely N-dealkylation sites (tertiary alicyclic amines) is 1. The number of likely N-dealkylation sites (N-methyl/N-ethyl adjacent to an activating group) is 1. The van der Waals surface area contributed by atoms with E-state index in [0.717, 1.165) is 6.42 Å². The molecule has 0 aliphatic carbocycles. The van der Waals surface area contributed by atoms with Crippen molar-refractivity contribution in [1.29, 1.82) is 0 Å². The van der Waals surface area contributed by atoms with Crippen LogP contribution >= 0.6 is 11.8 Å². The molecule has 1 N–H and O–H groups in total. The Morgan fingerprint density at radius 2 is 1.89 bits per heavy atom. The molecule has 0 radical (unpaired) electrons. The number of aliphatic hydroxyl groups excluding tert-OH is 1. The summed E-state index contributed by atoms with van der Waals surface area (Å²) in [6.07, 6.45) is 4.08. The van der Waals surface area contributed by atoms with Crippen LogP contribution in [0.15, 0.2) is 49.6 Å². The van der Waals surface area contributed by atoms with Crippen LogP contribution in [0.5, 0.6) is 5.75 Å². The molecule has 3 aliphatic heterocycles. The fraction of sp³-hybridized carbons (Fsp3) is 0.519. The van der Waals surface area contributed by atoms with Gasteiger partial charge >= 0.3 is 0 Å². The Labute approximate surface area is 216 Å². The van der Waals surface area contributed by atoms with Gasteiger partial charge in [-0.05, 0) is 36.6 Å². The number of ether oxygens (including phenoxy) is 1. The summed E-state index contributed by atoms with van der Waals surface area (Å²) in [6, 6.07) is 6.39. The molecule has 3 aliphatic rings. The molecule has 3 amide bonds. The van der Waals surface area contributed by atoms with Gasteiger partial charge in [0.15, 0.2) is 0 Å². The predicted octanol–water partition coefficient (Wildman–Crippen LogP) is 2.19. The number of carbonyl (C=O) groups excluding carboxylic acids is 3. The third kappa shape index (κ3) is 3.93. The van der Waals surface area contributed by atoms with Crippen molar-refractivity contribution in [2.24, 2.45) is 17.8 Å². The molecule has 194 valence electrons. The Kier molecular flexibility index (Phi) is 7.52. The Morgan fingerprint density at radius 3 is 2.47 bits per heavy atom. The normalized spacial score (nSPS) is 30.2. The van der Waals surface area contributed by atoms with Gasteiger partial charge in [0.2, 0.25) is 11.8 Å². The molecule has 0 aromatic heterocycles. The molecule has 8 nitrogen and oxygen atoms in total. The van der Waals surface area contributed by atoms with Gasteiger partial charge in [-0.1, -0.05) is 19.1 Å². The largest absolute Gasteiger partial charge is 0.497 e. The summed E-state index contributed by atoms with van der Waals surface area (Å²) in [4.78, 5) is 46.5. The Hall–Kier alpha value is -2.78. The number of nitrogens with zero attached hydrogens (tertiary/aromatic N) is 3. The summed E-state index contributed by atoms with van der Waals surface area (Å²) >= 11 is 1.63. The van der Waals surface area contributed by atoms with Crippen molar-refractivity contribution in [1.82, 2.24) is 9.80 Å². The number of benzene rings is 1. The number of fused-ring (bicyclic) bond motifs is 1. The molecule has 9 heteroatoms. The van der Waals surface area contributed by atoms with Crippen molar-refractivity contribution in [3.8, 4) is 5.75 Å². The number of β-amino-alcohol motifs (C(OH)–C–C–N with tert-alkyl or cyclic N) is 1. The molecule has 4 rings (SSSR count). The maximum Gasteiger partial charge on any atom is 0.251 e. The number of thioether (sulfide) groups is 1. The van der Waals surface area contributed by atoms with E-state index in [4.69, 9.17) is 4.74 Å². The van der Waals surface area contributed by atoms with Crippen LogP contribution in [0.1, 0.15) is 13.3 Å². The molecule has 6 atom stereocenters. The molecule has 3 heterocycles. The Morgan fingerprint density at radius 1 is 1.22 bits per heavy atom. The quantitative estimate of drug-likeness (QED) is 0.483. The first-order valence-electron chi connectivity index (χ1n) is 12.3. The Bertz CT molecular complexity index is 1050. The number of hydrogen-bond donors (Lipinski definition) is 1. The summed E-state index contributed by atoms with van der Waals surface area (Å²) in [5.41, 5.74) is 0.667.